The molecule has 0 spiro atoms. The molecule has 0 saturated heterocycles. The molecule has 1 aromatic carbocycles. The molecular formula is C19H22O4. The summed E-state index contributed by atoms with van der Waals surface area (Å²) in [4.78, 5) is 12.2. The van der Waals surface area contributed by atoms with Crippen LogP contribution in [0.25, 0.3) is 11.0 Å². The van der Waals surface area contributed by atoms with Crippen LogP contribution in [-0.2, 0) is 11.8 Å². The SMILES string of the molecule is C=CC(C)(C)c1cc2cc(CC(O)C(=C)C)c(O)cc2oc1=O. The molecule has 23 heavy (non-hydrogen) atoms. The number of benzene rings is 1. The molecule has 2 rings (SSSR count). The van der Waals surface area contributed by atoms with Crippen molar-refractivity contribution in [1.29, 1.82) is 0 Å². The summed E-state index contributed by atoms with van der Waals surface area (Å²) in [7, 11) is 0. The van der Waals surface area contributed by atoms with E-state index >= 15 is 0 Å². The Balaban J connectivity index is 2.61. The fourth-order valence-electron chi connectivity index (χ4n) is 2.31. The van der Waals surface area contributed by atoms with Gasteiger partial charge >= 0.3 is 5.63 Å². The van der Waals surface area contributed by atoms with Gasteiger partial charge in [0.15, 0.2) is 0 Å². The molecular weight excluding hydrogens is 292 g/mol. The van der Waals surface area contributed by atoms with Gasteiger partial charge in [0.2, 0.25) is 0 Å². The van der Waals surface area contributed by atoms with E-state index in [2.05, 4.69) is 13.2 Å². The zero-order chi connectivity index (χ0) is 17.4. The van der Waals surface area contributed by atoms with Crippen LogP contribution in [0.1, 0.15) is 31.9 Å². The minimum absolute atomic E-state index is 0.0170. The molecule has 0 fully saturated rings. The molecule has 1 heterocycles. The predicted molar refractivity (Wildman–Crippen MR) is 91.9 cm³/mol. The number of phenols is 1. The van der Waals surface area contributed by atoms with Crippen LogP contribution in [0.2, 0.25) is 0 Å². The zero-order valence-corrected chi connectivity index (χ0v) is 13.7. The molecule has 0 saturated carbocycles. The van der Waals surface area contributed by atoms with Crippen LogP contribution in [0, 0.1) is 0 Å². The number of hydrogen-bond acceptors (Lipinski definition) is 4. The molecule has 0 aliphatic rings. The number of aliphatic hydroxyl groups excluding tert-OH is 1. The molecule has 0 aliphatic heterocycles. The first-order valence-corrected chi connectivity index (χ1v) is 7.43. The average molecular weight is 314 g/mol. The molecule has 0 amide bonds. The normalized spacial score (nSPS) is 13.0. The lowest BCUT2D eigenvalue weighted by atomic mass is 9.85. The molecule has 122 valence electrons. The van der Waals surface area contributed by atoms with Crippen LogP contribution in [0.15, 0.2) is 52.2 Å². The topological polar surface area (TPSA) is 70.7 Å². The first kappa shape index (κ1) is 17.0. The summed E-state index contributed by atoms with van der Waals surface area (Å²) in [6, 6.07) is 4.88. The van der Waals surface area contributed by atoms with Crippen molar-refractivity contribution in [1.82, 2.24) is 0 Å². The van der Waals surface area contributed by atoms with Crippen molar-refractivity contribution < 1.29 is 14.6 Å². The van der Waals surface area contributed by atoms with Gasteiger partial charge in [-0.05, 0) is 24.6 Å². The van der Waals surface area contributed by atoms with E-state index in [0.717, 1.165) is 0 Å². The van der Waals surface area contributed by atoms with Gasteiger partial charge in [-0.15, -0.1) is 6.58 Å². The van der Waals surface area contributed by atoms with Crippen LogP contribution in [0.3, 0.4) is 0 Å². The lowest BCUT2D eigenvalue weighted by Gasteiger charge is -2.19. The van der Waals surface area contributed by atoms with Crippen molar-refractivity contribution in [2.45, 2.75) is 38.7 Å². The van der Waals surface area contributed by atoms with Gasteiger partial charge in [0.05, 0.1) is 6.10 Å². The third-order valence-corrected chi connectivity index (χ3v) is 4.12. The highest BCUT2D eigenvalue weighted by Crippen LogP contribution is 2.29. The van der Waals surface area contributed by atoms with E-state index < -0.39 is 17.1 Å². The van der Waals surface area contributed by atoms with Gasteiger partial charge in [0.25, 0.3) is 0 Å². The molecule has 0 aliphatic carbocycles. The molecule has 2 N–H and O–H groups in total. The summed E-state index contributed by atoms with van der Waals surface area (Å²) in [5, 5.41) is 20.7. The highest BCUT2D eigenvalue weighted by Gasteiger charge is 2.22. The Bertz CT molecular complexity index is 827. The largest absolute Gasteiger partial charge is 0.508 e. The zero-order valence-electron chi connectivity index (χ0n) is 13.7. The number of aliphatic hydroxyl groups is 1. The van der Waals surface area contributed by atoms with Crippen LogP contribution >= 0.6 is 0 Å². The van der Waals surface area contributed by atoms with E-state index in [-0.39, 0.29) is 12.2 Å². The monoisotopic (exact) mass is 314 g/mol. The minimum atomic E-state index is -0.738. The number of allylic oxidation sites excluding steroid dienone is 1. The van der Waals surface area contributed by atoms with E-state index in [1.807, 2.05) is 13.8 Å². The second-order valence-electron chi connectivity index (χ2n) is 6.46. The maximum Gasteiger partial charge on any atom is 0.340 e. The Labute approximate surface area is 135 Å². The molecule has 1 atom stereocenters. The smallest absolute Gasteiger partial charge is 0.340 e. The Morgan fingerprint density at radius 3 is 2.61 bits per heavy atom. The third kappa shape index (κ3) is 3.37. The van der Waals surface area contributed by atoms with E-state index in [1.165, 1.54) is 6.07 Å². The number of rotatable bonds is 5. The molecule has 4 nitrogen and oxygen atoms in total. The van der Waals surface area contributed by atoms with Crippen molar-refractivity contribution in [3.63, 3.8) is 0 Å². The standard InChI is InChI=1S/C19H22O4/c1-6-19(4,5)14-8-13-7-12(9-15(20)11(2)3)16(21)10-17(13)23-18(14)22/h6-8,10,15,20-21H,1-2,9H2,3-5H3. The average Bonchev–Trinajstić information content (AvgIpc) is 2.47. The quantitative estimate of drug-likeness (QED) is 0.655. The van der Waals surface area contributed by atoms with Crippen LogP contribution in [0.5, 0.6) is 5.75 Å². The highest BCUT2D eigenvalue weighted by atomic mass is 16.4. The van der Waals surface area contributed by atoms with Crippen LogP contribution in [0.4, 0.5) is 0 Å². The van der Waals surface area contributed by atoms with Gasteiger partial charge in [0.1, 0.15) is 11.3 Å². The number of phenolic OH excluding ortho intramolecular Hbond substituents is 1. The summed E-state index contributed by atoms with van der Waals surface area (Å²) in [6.45, 7) is 13.0. The van der Waals surface area contributed by atoms with E-state index in [9.17, 15) is 15.0 Å². The maximum atomic E-state index is 12.2. The lowest BCUT2D eigenvalue weighted by Crippen LogP contribution is -2.22. The van der Waals surface area contributed by atoms with Crippen LogP contribution < -0.4 is 5.63 Å². The van der Waals surface area contributed by atoms with E-state index in [4.69, 9.17) is 4.42 Å². The molecule has 2 aromatic rings. The number of hydrogen-bond donors (Lipinski definition) is 2. The first-order valence-electron chi connectivity index (χ1n) is 7.43. The molecule has 1 aromatic heterocycles. The van der Waals surface area contributed by atoms with Crippen molar-refractivity contribution in [3.05, 3.63) is 64.6 Å². The molecule has 0 bridgehead atoms. The maximum absolute atomic E-state index is 12.2. The minimum Gasteiger partial charge on any atom is -0.508 e. The summed E-state index contributed by atoms with van der Waals surface area (Å²) < 4.78 is 5.33. The van der Waals surface area contributed by atoms with Crippen LogP contribution in [-0.4, -0.2) is 16.3 Å². The van der Waals surface area contributed by atoms with Gasteiger partial charge in [-0.2, -0.15) is 0 Å². The predicted octanol–water partition coefficient (Wildman–Crippen LogP) is 3.44. The Morgan fingerprint density at radius 2 is 2.04 bits per heavy atom. The van der Waals surface area contributed by atoms with Crippen molar-refractivity contribution in [2.75, 3.05) is 0 Å². The molecule has 4 heteroatoms. The highest BCUT2D eigenvalue weighted by molar-refractivity contribution is 5.80. The molecule has 1 unspecified atom stereocenters. The lowest BCUT2D eigenvalue weighted by molar-refractivity contribution is 0.210. The first-order chi connectivity index (χ1) is 10.7. The van der Waals surface area contributed by atoms with Gasteiger partial charge in [-0.3, -0.25) is 0 Å². The van der Waals surface area contributed by atoms with E-state index in [1.54, 1.807) is 25.1 Å². The van der Waals surface area contributed by atoms with Gasteiger partial charge in [-0.1, -0.05) is 32.1 Å². The summed E-state index contributed by atoms with van der Waals surface area (Å²) in [5.41, 5.74) is 1.03. The van der Waals surface area contributed by atoms with Crippen molar-refractivity contribution in [3.8, 4) is 5.75 Å². The van der Waals surface area contributed by atoms with Gasteiger partial charge in [-0.25, -0.2) is 4.79 Å². The number of aromatic hydroxyl groups is 1. The molecule has 0 radical (unpaired) electrons. The van der Waals surface area contributed by atoms with Gasteiger partial charge < -0.3 is 14.6 Å². The summed E-state index contributed by atoms with van der Waals surface area (Å²) in [5.74, 6) is -0.0170. The fourth-order valence-corrected chi connectivity index (χ4v) is 2.31. The van der Waals surface area contributed by atoms with Crippen molar-refractivity contribution >= 4 is 11.0 Å². The second-order valence-corrected chi connectivity index (χ2v) is 6.46. The van der Waals surface area contributed by atoms with E-state index in [0.29, 0.717) is 27.7 Å². The second kappa shape index (κ2) is 6.05. The Hall–Kier alpha value is -2.33. The van der Waals surface area contributed by atoms with Crippen molar-refractivity contribution in [2.24, 2.45) is 0 Å². The Morgan fingerprint density at radius 1 is 1.39 bits per heavy atom. The van der Waals surface area contributed by atoms with Gasteiger partial charge in [0, 0.05) is 28.9 Å². The Kier molecular flexibility index (Phi) is 4.48. The third-order valence-electron chi connectivity index (χ3n) is 4.12. The summed E-state index contributed by atoms with van der Waals surface area (Å²) in [6.07, 6.45) is 1.20. The summed E-state index contributed by atoms with van der Waals surface area (Å²) >= 11 is 0. The fraction of sp³-hybridized carbons (Fsp3) is 0.316. The number of fused-ring (bicyclic) bond motifs is 1.